The number of methoxy groups -OCH3 is 1. The molecule has 6 heteroatoms. The van der Waals surface area contributed by atoms with Crippen molar-refractivity contribution in [2.24, 2.45) is 4.99 Å². The summed E-state index contributed by atoms with van der Waals surface area (Å²) in [7, 11) is 3.42. The number of rotatable bonds is 7. The van der Waals surface area contributed by atoms with E-state index in [2.05, 4.69) is 15.6 Å². The molecule has 2 rings (SSSR count). The first-order valence-corrected chi connectivity index (χ1v) is 7.57. The van der Waals surface area contributed by atoms with Crippen molar-refractivity contribution in [3.05, 3.63) is 60.2 Å². The summed E-state index contributed by atoms with van der Waals surface area (Å²) < 4.78 is 11.0. The Hall–Kier alpha value is -1.80. The van der Waals surface area contributed by atoms with Gasteiger partial charge in [0.15, 0.2) is 5.96 Å². The highest BCUT2D eigenvalue weighted by atomic mass is 127. The molecule has 0 radical (unpaired) electrons. The zero-order valence-electron chi connectivity index (χ0n) is 14.0. The van der Waals surface area contributed by atoms with Crippen LogP contribution in [0.1, 0.15) is 5.56 Å². The Labute approximate surface area is 160 Å². The fourth-order valence-corrected chi connectivity index (χ4v) is 2.04. The van der Waals surface area contributed by atoms with Crippen LogP contribution in [-0.4, -0.2) is 33.3 Å². The summed E-state index contributed by atoms with van der Waals surface area (Å²) in [5, 5.41) is 6.46. The molecule has 0 spiro atoms. The van der Waals surface area contributed by atoms with E-state index in [1.54, 1.807) is 14.2 Å². The molecule has 130 valence electrons. The third-order valence-corrected chi connectivity index (χ3v) is 3.21. The van der Waals surface area contributed by atoms with Gasteiger partial charge in [-0.05, 0) is 18.2 Å². The van der Waals surface area contributed by atoms with Gasteiger partial charge in [0.05, 0.1) is 6.61 Å². The second-order valence-electron chi connectivity index (χ2n) is 4.87. The highest BCUT2D eigenvalue weighted by molar-refractivity contribution is 14.0. The van der Waals surface area contributed by atoms with Gasteiger partial charge in [0.2, 0.25) is 0 Å². The summed E-state index contributed by atoms with van der Waals surface area (Å²) in [6.07, 6.45) is 0. The van der Waals surface area contributed by atoms with Crippen molar-refractivity contribution in [2.75, 3.05) is 27.3 Å². The van der Waals surface area contributed by atoms with Gasteiger partial charge in [-0.2, -0.15) is 0 Å². The SMILES string of the molecule is CN=C(NCCOC)NCc1ccccc1Oc1ccccc1.I. The second-order valence-corrected chi connectivity index (χ2v) is 4.87. The van der Waals surface area contributed by atoms with E-state index in [9.17, 15) is 0 Å². The lowest BCUT2D eigenvalue weighted by molar-refractivity contribution is 0.203. The molecule has 0 bridgehead atoms. The number of nitrogens with one attached hydrogen (secondary N) is 2. The predicted octanol–water partition coefficient (Wildman–Crippen LogP) is 3.41. The number of halogens is 1. The molecule has 0 aliphatic carbocycles. The summed E-state index contributed by atoms with van der Waals surface area (Å²) in [6.45, 7) is 1.96. The molecule has 0 amide bonds. The molecule has 0 unspecified atom stereocenters. The standard InChI is InChI=1S/C18H23N3O2.HI/c1-19-18(20-12-13-22-2)21-14-15-8-6-7-11-17(15)23-16-9-4-3-5-10-16;/h3-11H,12-14H2,1-2H3,(H2,19,20,21);1H. The smallest absolute Gasteiger partial charge is 0.191 e. The largest absolute Gasteiger partial charge is 0.457 e. The molecule has 2 aromatic carbocycles. The summed E-state index contributed by atoms with van der Waals surface area (Å²) in [6, 6.07) is 17.7. The van der Waals surface area contributed by atoms with Crippen molar-refractivity contribution in [2.45, 2.75) is 6.54 Å². The van der Waals surface area contributed by atoms with Gasteiger partial charge in [-0.3, -0.25) is 4.99 Å². The third kappa shape index (κ3) is 6.76. The van der Waals surface area contributed by atoms with E-state index in [-0.39, 0.29) is 24.0 Å². The Morgan fingerprint density at radius 3 is 2.42 bits per heavy atom. The molecule has 0 saturated heterocycles. The lowest BCUT2D eigenvalue weighted by atomic mass is 10.2. The first kappa shape index (κ1) is 20.2. The fourth-order valence-electron chi connectivity index (χ4n) is 2.04. The van der Waals surface area contributed by atoms with E-state index in [0.717, 1.165) is 23.0 Å². The first-order valence-electron chi connectivity index (χ1n) is 7.57. The van der Waals surface area contributed by atoms with Crippen molar-refractivity contribution in [1.29, 1.82) is 0 Å². The van der Waals surface area contributed by atoms with Gasteiger partial charge >= 0.3 is 0 Å². The molecular formula is C18H24IN3O2. The molecule has 5 nitrogen and oxygen atoms in total. The highest BCUT2D eigenvalue weighted by Crippen LogP contribution is 2.24. The molecule has 0 fully saturated rings. The number of hydrogen-bond acceptors (Lipinski definition) is 3. The lowest BCUT2D eigenvalue weighted by Crippen LogP contribution is -2.38. The molecule has 0 atom stereocenters. The van der Waals surface area contributed by atoms with Crippen LogP contribution in [0.15, 0.2) is 59.6 Å². The molecule has 2 N–H and O–H groups in total. The summed E-state index contributed by atoms with van der Waals surface area (Å²) in [4.78, 5) is 4.19. The van der Waals surface area contributed by atoms with Gasteiger partial charge < -0.3 is 20.1 Å². The minimum absolute atomic E-state index is 0. The zero-order valence-corrected chi connectivity index (χ0v) is 16.3. The Morgan fingerprint density at radius 2 is 1.71 bits per heavy atom. The topological polar surface area (TPSA) is 54.9 Å². The van der Waals surface area contributed by atoms with Crippen LogP contribution in [0.3, 0.4) is 0 Å². The monoisotopic (exact) mass is 441 g/mol. The number of nitrogens with zero attached hydrogens (tertiary/aromatic N) is 1. The summed E-state index contributed by atoms with van der Waals surface area (Å²) in [5.74, 6) is 2.39. The van der Waals surface area contributed by atoms with Crippen molar-refractivity contribution in [3.63, 3.8) is 0 Å². The maximum absolute atomic E-state index is 5.95. The number of guanidine groups is 1. The average molecular weight is 441 g/mol. The second kappa shape index (κ2) is 11.7. The molecule has 0 heterocycles. The van der Waals surface area contributed by atoms with Gasteiger partial charge in [-0.25, -0.2) is 0 Å². The van der Waals surface area contributed by atoms with E-state index >= 15 is 0 Å². The molecule has 0 aliphatic heterocycles. The van der Waals surface area contributed by atoms with Crippen molar-refractivity contribution in [3.8, 4) is 11.5 Å². The van der Waals surface area contributed by atoms with Crippen molar-refractivity contribution >= 4 is 29.9 Å². The van der Waals surface area contributed by atoms with E-state index in [0.29, 0.717) is 19.7 Å². The van der Waals surface area contributed by atoms with Crippen LogP contribution in [0.2, 0.25) is 0 Å². The average Bonchev–Trinajstić information content (AvgIpc) is 2.60. The Kier molecular flexibility index (Phi) is 9.86. The molecule has 0 aromatic heterocycles. The molecule has 2 aromatic rings. The normalized spacial score (nSPS) is 10.7. The number of benzene rings is 2. The Balaban J connectivity index is 0.00000288. The minimum atomic E-state index is 0. The quantitative estimate of drug-likeness (QED) is 0.299. The van der Waals surface area contributed by atoms with Gasteiger partial charge in [0.25, 0.3) is 0 Å². The predicted molar refractivity (Wildman–Crippen MR) is 108 cm³/mol. The maximum atomic E-state index is 5.95. The van der Waals surface area contributed by atoms with Crippen molar-refractivity contribution < 1.29 is 9.47 Å². The Morgan fingerprint density at radius 1 is 1.00 bits per heavy atom. The van der Waals surface area contributed by atoms with E-state index in [1.807, 2.05) is 54.6 Å². The summed E-state index contributed by atoms with van der Waals surface area (Å²) in [5.41, 5.74) is 1.06. The van der Waals surface area contributed by atoms with Gasteiger partial charge in [0.1, 0.15) is 11.5 Å². The third-order valence-electron chi connectivity index (χ3n) is 3.21. The Bertz CT molecular complexity index is 621. The first-order chi connectivity index (χ1) is 11.3. The van der Waals surface area contributed by atoms with Crippen LogP contribution >= 0.6 is 24.0 Å². The highest BCUT2D eigenvalue weighted by Gasteiger charge is 2.05. The van der Waals surface area contributed by atoms with Crippen molar-refractivity contribution in [1.82, 2.24) is 10.6 Å². The van der Waals surface area contributed by atoms with Crippen LogP contribution in [0.5, 0.6) is 11.5 Å². The van der Waals surface area contributed by atoms with Crippen LogP contribution in [0.25, 0.3) is 0 Å². The minimum Gasteiger partial charge on any atom is -0.457 e. The number of hydrogen-bond donors (Lipinski definition) is 2. The molecule has 0 saturated carbocycles. The summed E-state index contributed by atoms with van der Waals surface area (Å²) >= 11 is 0. The number of para-hydroxylation sites is 2. The number of ether oxygens (including phenoxy) is 2. The lowest BCUT2D eigenvalue weighted by Gasteiger charge is -2.14. The molecule has 0 aliphatic rings. The van der Waals surface area contributed by atoms with E-state index < -0.39 is 0 Å². The zero-order chi connectivity index (χ0) is 16.3. The van der Waals surface area contributed by atoms with E-state index in [4.69, 9.17) is 9.47 Å². The van der Waals surface area contributed by atoms with Gasteiger partial charge in [-0.1, -0.05) is 36.4 Å². The number of aliphatic imine (C=N–C) groups is 1. The van der Waals surface area contributed by atoms with Crippen LogP contribution < -0.4 is 15.4 Å². The molecular weight excluding hydrogens is 417 g/mol. The molecule has 24 heavy (non-hydrogen) atoms. The van der Waals surface area contributed by atoms with Gasteiger partial charge in [-0.15, -0.1) is 24.0 Å². The van der Waals surface area contributed by atoms with Gasteiger partial charge in [0, 0.05) is 32.8 Å². The fraction of sp³-hybridized carbons (Fsp3) is 0.278. The van der Waals surface area contributed by atoms with Crippen LogP contribution in [0, 0.1) is 0 Å². The van der Waals surface area contributed by atoms with Crippen LogP contribution in [0.4, 0.5) is 0 Å². The maximum Gasteiger partial charge on any atom is 0.191 e. The van der Waals surface area contributed by atoms with E-state index in [1.165, 1.54) is 0 Å². The van der Waals surface area contributed by atoms with Crippen LogP contribution in [-0.2, 0) is 11.3 Å².